The van der Waals surface area contributed by atoms with Crippen LogP contribution in [-0.4, -0.2) is 10.8 Å². The molecule has 2 aromatic carbocycles. The van der Waals surface area contributed by atoms with Crippen LogP contribution in [0, 0.1) is 10.1 Å². The molecule has 1 amide bonds. The summed E-state index contributed by atoms with van der Waals surface area (Å²) in [5.74, 6) is -0.358. The van der Waals surface area contributed by atoms with Crippen molar-refractivity contribution >= 4 is 28.9 Å². The lowest BCUT2D eigenvalue weighted by molar-refractivity contribution is -0.384. The van der Waals surface area contributed by atoms with Gasteiger partial charge in [-0.05, 0) is 48.9 Å². The van der Waals surface area contributed by atoms with Crippen molar-refractivity contribution < 1.29 is 9.72 Å². The number of non-ortho nitro benzene ring substituents is 1. The van der Waals surface area contributed by atoms with Gasteiger partial charge in [0.2, 0.25) is 0 Å². The van der Waals surface area contributed by atoms with Gasteiger partial charge in [0.05, 0.1) is 15.5 Å². The Bertz CT molecular complexity index is 789. The normalized spacial score (nSPS) is 13.3. The standard InChI is InChI=1S/C17H15ClN2O3/c18-15-10-12(20(22)23)8-9-14(15)17(21)19-16-7-3-5-11-4-1-2-6-13(11)16/h3,5,7-10H,1-2,4,6H2,(H,19,21). The molecule has 0 unspecified atom stereocenters. The first-order valence-electron chi connectivity index (χ1n) is 7.42. The zero-order chi connectivity index (χ0) is 16.4. The Morgan fingerprint density at radius 1 is 1.17 bits per heavy atom. The zero-order valence-corrected chi connectivity index (χ0v) is 13.1. The van der Waals surface area contributed by atoms with Gasteiger partial charge in [0.1, 0.15) is 0 Å². The van der Waals surface area contributed by atoms with Gasteiger partial charge < -0.3 is 5.32 Å². The number of aryl methyl sites for hydroxylation is 1. The van der Waals surface area contributed by atoms with Crippen molar-refractivity contribution in [3.63, 3.8) is 0 Å². The van der Waals surface area contributed by atoms with Crippen molar-refractivity contribution in [2.45, 2.75) is 25.7 Å². The van der Waals surface area contributed by atoms with Crippen LogP contribution in [0.2, 0.25) is 5.02 Å². The second-order valence-corrected chi connectivity index (χ2v) is 5.93. The Morgan fingerprint density at radius 3 is 2.70 bits per heavy atom. The second kappa shape index (κ2) is 6.38. The summed E-state index contributed by atoms with van der Waals surface area (Å²) in [6.45, 7) is 0. The molecular formula is C17H15ClN2O3. The largest absolute Gasteiger partial charge is 0.322 e. The number of benzene rings is 2. The van der Waals surface area contributed by atoms with Gasteiger partial charge in [-0.25, -0.2) is 0 Å². The van der Waals surface area contributed by atoms with E-state index in [-0.39, 0.29) is 22.2 Å². The number of carbonyl (C=O) groups excluding carboxylic acids is 1. The first-order chi connectivity index (χ1) is 11.1. The van der Waals surface area contributed by atoms with Crippen LogP contribution < -0.4 is 5.32 Å². The number of halogens is 1. The molecule has 0 atom stereocenters. The van der Waals surface area contributed by atoms with E-state index < -0.39 is 4.92 Å². The molecule has 1 aliphatic carbocycles. The third-order valence-electron chi connectivity index (χ3n) is 4.05. The van der Waals surface area contributed by atoms with Gasteiger partial charge in [-0.2, -0.15) is 0 Å². The van der Waals surface area contributed by atoms with Crippen LogP contribution in [0.5, 0.6) is 0 Å². The van der Waals surface area contributed by atoms with Crippen molar-refractivity contribution in [3.8, 4) is 0 Å². The Balaban J connectivity index is 1.87. The lowest BCUT2D eigenvalue weighted by Gasteiger charge is -2.19. The molecule has 23 heavy (non-hydrogen) atoms. The topological polar surface area (TPSA) is 72.2 Å². The Labute approximate surface area is 138 Å². The van der Waals surface area contributed by atoms with Crippen LogP contribution in [0.1, 0.15) is 34.3 Å². The lowest BCUT2D eigenvalue weighted by atomic mass is 9.90. The number of rotatable bonds is 3. The summed E-state index contributed by atoms with van der Waals surface area (Å²) in [5.41, 5.74) is 3.32. The molecule has 0 aromatic heterocycles. The maximum Gasteiger partial charge on any atom is 0.270 e. The third-order valence-corrected chi connectivity index (χ3v) is 4.36. The van der Waals surface area contributed by atoms with Gasteiger partial charge >= 0.3 is 0 Å². The van der Waals surface area contributed by atoms with Crippen molar-refractivity contribution in [2.75, 3.05) is 5.32 Å². The van der Waals surface area contributed by atoms with Crippen molar-refractivity contribution in [3.05, 3.63) is 68.2 Å². The fraction of sp³-hybridized carbons (Fsp3) is 0.235. The second-order valence-electron chi connectivity index (χ2n) is 5.53. The lowest BCUT2D eigenvalue weighted by Crippen LogP contribution is -2.16. The van der Waals surface area contributed by atoms with E-state index in [4.69, 9.17) is 11.6 Å². The molecule has 0 saturated heterocycles. The summed E-state index contributed by atoms with van der Waals surface area (Å²) in [7, 11) is 0. The van der Waals surface area contributed by atoms with E-state index in [0.717, 1.165) is 24.9 Å². The van der Waals surface area contributed by atoms with Crippen LogP contribution >= 0.6 is 11.6 Å². The number of carbonyl (C=O) groups is 1. The Morgan fingerprint density at radius 2 is 1.96 bits per heavy atom. The summed E-state index contributed by atoms with van der Waals surface area (Å²) >= 11 is 6.01. The molecule has 2 aromatic rings. The molecule has 6 heteroatoms. The Kier molecular flexibility index (Phi) is 4.30. The molecule has 3 rings (SSSR count). The van der Waals surface area contributed by atoms with E-state index >= 15 is 0 Å². The predicted octanol–water partition coefficient (Wildman–Crippen LogP) is 4.38. The predicted molar refractivity (Wildman–Crippen MR) is 89.1 cm³/mol. The number of nitrogens with one attached hydrogen (secondary N) is 1. The quantitative estimate of drug-likeness (QED) is 0.670. The Hall–Kier alpha value is -2.40. The maximum absolute atomic E-state index is 12.4. The van der Waals surface area contributed by atoms with Crippen LogP contribution in [0.15, 0.2) is 36.4 Å². The zero-order valence-electron chi connectivity index (χ0n) is 12.3. The molecule has 1 aliphatic rings. The SMILES string of the molecule is O=C(Nc1cccc2c1CCCC2)c1ccc([N+](=O)[O-])cc1Cl. The van der Waals surface area contributed by atoms with E-state index in [2.05, 4.69) is 11.4 Å². The smallest absolute Gasteiger partial charge is 0.270 e. The first kappa shape index (κ1) is 15.5. The van der Waals surface area contributed by atoms with Crippen LogP contribution in [-0.2, 0) is 12.8 Å². The van der Waals surface area contributed by atoms with Gasteiger partial charge in [-0.3, -0.25) is 14.9 Å². The molecule has 5 nitrogen and oxygen atoms in total. The first-order valence-corrected chi connectivity index (χ1v) is 7.80. The summed E-state index contributed by atoms with van der Waals surface area (Å²) in [5, 5.41) is 13.7. The highest BCUT2D eigenvalue weighted by Gasteiger charge is 2.18. The summed E-state index contributed by atoms with van der Waals surface area (Å²) < 4.78 is 0. The minimum absolute atomic E-state index is 0.0708. The molecule has 0 heterocycles. The highest BCUT2D eigenvalue weighted by atomic mass is 35.5. The average Bonchev–Trinajstić information content (AvgIpc) is 2.55. The molecule has 0 fully saturated rings. The van der Waals surface area contributed by atoms with Gasteiger partial charge in [0, 0.05) is 17.8 Å². The average molecular weight is 331 g/mol. The summed E-state index contributed by atoms with van der Waals surface area (Å²) in [6.07, 6.45) is 4.24. The third kappa shape index (κ3) is 3.19. The highest BCUT2D eigenvalue weighted by molar-refractivity contribution is 6.34. The van der Waals surface area contributed by atoms with Gasteiger partial charge in [0.15, 0.2) is 0 Å². The number of nitro groups is 1. The molecule has 1 N–H and O–H groups in total. The molecule has 0 saturated carbocycles. The number of hydrogen-bond acceptors (Lipinski definition) is 3. The molecule has 0 aliphatic heterocycles. The number of nitrogens with zero attached hydrogens (tertiary/aromatic N) is 1. The van der Waals surface area contributed by atoms with E-state index in [9.17, 15) is 14.9 Å². The van der Waals surface area contributed by atoms with Gasteiger partial charge in [-0.1, -0.05) is 23.7 Å². The molecule has 0 spiro atoms. The number of anilines is 1. The fourth-order valence-electron chi connectivity index (χ4n) is 2.89. The number of amides is 1. The fourth-order valence-corrected chi connectivity index (χ4v) is 3.15. The van der Waals surface area contributed by atoms with E-state index in [1.54, 1.807) is 0 Å². The minimum Gasteiger partial charge on any atom is -0.322 e. The van der Waals surface area contributed by atoms with Crippen LogP contribution in [0.25, 0.3) is 0 Å². The van der Waals surface area contributed by atoms with E-state index in [0.29, 0.717) is 0 Å². The van der Waals surface area contributed by atoms with Crippen LogP contribution in [0.4, 0.5) is 11.4 Å². The summed E-state index contributed by atoms with van der Waals surface area (Å²) in [4.78, 5) is 22.6. The number of nitro benzene ring substituents is 1. The van der Waals surface area contributed by atoms with Crippen molar-refractivity contribution in [1.82, 2.24) is 0 Å². The van der Waals surface area contributed by atoms with Gasteiger partial charge in [0.25, 0.3) is 11.6 Å². The number of hydrogen-bond donors (Lipinski definition) is 1. The molecule has 118 valence electrons. The minimum atomic E-state index is -0.541. The van der Waals surface area contributed by atoms with E-state index in [1.807, 2.05) is 12.1 Å². The van der Waals surface area contributed by atoms with Crippen molar-refractivity contribution in [2.24, 2.45) is 0 Å². The van der Waals surface area contributed by atoms with Crippen molar-refractivity contribution in [1.29, 1.82) is 0 Å². The monoisotopic (exact) mass is 330 g/mol. The molecular weight excluding hydrogens is 316 g/mol. The number of fused-ring (bicyclic) bond motifs is 1. The molecule has 0 radical (unpaired) electrons. The highest BCUT2D eigenvalue weighted by Crippen LogP contribution is 2.29. The van der Waals surface area contributed by atoms with Gasteiger partial charge in [-0.15, -0.1) is 0 Å². The molecule has 0 bridgehead atoms. The maximum atomic E-state index is 12.4. The van der Waals surface area contributed by atoms with Crippen LogP contribution in [0.3, 0.4) is 0 Å². The summed E-state index contributed by atoms with van der Waals surface area (Å²) in [6, 6.07) is 9.74. The van der Waals surface area contributed by atoms with E-state index in [1.165, 1.54) is 35.7 Å².